The molecule has 0 saturated heterocycles. The molecular formula is C20H15F6O3PS2. The van der Waals surface area contributed by atoms with Crippen LogP contribution >= 0.6 is 17.8 Å². The minimum atomic E-state index is -6.09. The summed E-state index contributed by atoms with van der Waals surface area (Å²) >= 11 is 0.120. The molecule has 0 aliphatic heterocycles. The Morgan fingerprint density at radius 3 is 1.06 bits per heavy atom. The van der Waals surface area contributed by atoms with E-state index in [4.69, 9.17) is 13.0 Å². The zero-order valence-corrected chi connectivity index (χ0v) is 18.4. The first-order valence-electron chi connectivity index (χ1n) is 8.63. The van der Waals surface area contributed by atoms with E-state index >= 15 is 0 Å². The summed E-state index contributed by atoms with van der Waals surface area (Å²) in [5.41, 5.74) is -9.98. The van der Waals surface area contributed by atoms with Crippen molar-refractivity contribution in [3.05, 3.63) is 91.0 Å². The fourth-order valence-electron chi connectivity index (χ4n) is 2.67. The van der Waals surface area contributed by atoms with Crippen molar-refractivity contribution in [3.8, 4) is 0 Å². The lowest BCUT2D eigenvalue weighted by Crippen LogP contribution is -2.30. The molecule has 0 fully saturated rings. The van der Waals surface area contributed by atoms with Gasteiger partial charge in [0.15, 0.2) is 16.6 Å². The summed E-state index contributed by atoms with van der Waals surface area (Å²) < 4.78 is 99.7. The van der Waals surface area contributed by atoms with Gasteiger partial charge in [-0.05, 0) is 36.4 Å². The molecule has 3 aromatic rings. The van der Waals surface area contributed by atoms with E-state index < -0.39 is 27.6 Å². The quantitative estimate of drug-likeness (QED) is 0.209. The summed E-state index contributed by atoms with van der Waals surface area (Å²) in [6.45, 7) is -2.88. The lowest BCUT2D eigenvalue weighted by atomic mass is 10.4. The van der Waals surface area contributed by atoms with Crippen LogP contribution in [0.1, 0.15) is 0 Å². The molecule has 0 heterocycles. The van der Waals surface area contributed by atoms with Crippen LogP contribution in [0.5, 0.6) is 0 Å². The summed E-state index contributed by atoms with van der Waals surface area (Å²) in [6.07, 6.45) is 0. The Bertz CT molecular complexity index is 994. The second-order valence-electron chi connectivity index (χ2n) is 6.05. The number of halogens is 6. The van der Waals surface area contributed by atoms with Gasteiger partial charge in [0.05, 0.1) is 0 Å². The summed E-state index contributed by atoms with van der Waals surface area (Å²) in [5, 5.41) is 2.14. The minimum absolute atomic E-state index is 0.120. The summed E-state index contributed by atoms with van der Waals surface area (Å²) in [7, 11) is -6.09. The molecule has 12 heteroatoms. The number of alkyl halides is 6. The maximum Gasteiger partial charge on any atom is 0.485 e. The lowest BCUT2D eigenvalue weighted by molar-refractivity contribution is -0.0518. The van der Waals surface area contributed by atoms with E-state index in [0.717, 1.165) is 0 Å². The Labute approximate surface area is 185 Å². The second kappa shape index (κ2) is 10.2. The molecular weight excluding hydrogens is 497 g/mol. The van der Waals surface area contributed by atoms with Crippen LogP contribution in [0, 0.1) is 0 Å². The fraction of sp³-hybridized carbons (Fsp3) is 0.100. The van der Waals surface area contributed by atoms with Crippen molar-refractivity contribution < 1.29 is 39.3 Å². The maximum atomic E-state index is 13.6. The molecule has 32 heavy (non-hydrogen) atoms. The SMILES string of the molecule is FC(F)(F)S[P+](c1ccccc1)(c1ccccc1)c1ccccc1.O=S(=O)([O-])C(F)(F)F. The highest BCUT2D eigenvalue weighted by atomic mass is 32.7. The largest absolute Gasteiger partial charge is 0.741 e. The predicted molar refractivity (Wildman–Crippen MR) is 115 cm³/mol. The van der Waals surface area contributed by atoms with E-state index in [1.807, 2.05) is 18.2 Å². The van der Waals surface area contributed by atoms with Gasteiger partial charge in [-0.2, -0.15) is 26.3 Å². The molecule has 0 atom stereocenters. The monoisotopic (exact) mass is 512 g/mol. The van der Waals surface area contributed by atoms with Gasteiger partial charge >= 0.3 is 11.0 Å². The highest BCUT2D eigenvalue weighted by Gasteiger charge is 2.56. The molecule has 0 aromatic heterocycles. The third-order valence-corrected chi connectivity index (χ3v) is 11.3. The van der Waals surface area contributed by atoms with Gasteiger partial charge in [-0.3, -0.25) is 0 Å². The first-order chi connectivity index (χ1) is 14.8. The molecule has 3 rings (SSSR count). The van der Waals surface area contributed by atoms with Gasteiger partial charge in [-0.1, -0.05) is 54.6 Å². The second-order valence-corrected chi connectivity index (χ2v) is 13.0. The number of hydrogen-bond donors (Lipinski definition) is 0. The van der Waals surface area contributed by atoms with Crippen LogP contribution in [0.25, 0.3) is 0 Å². The third kappa shape index (κ3) is 6.71. The van der Waals surface area contributed by atoms with Crippen molar-refractivity contribution in [1.82, 2.24) is 0 Å². The number of rotatable bonds is 4. The summed E-state index contributed by atoms with van der Waals surface area (Å²) in [5.74, 6) is 0. The van der Waals surface area contributed by atoms with Crippen molar-refractivity contribution in [2.75, 3.05) is 0 Å². The molecule has 0 aliphatic carbocycles. The van der Waals surface area contributed by atoms with E-state index in [1.54, 1.807) is 72.8 Å². The minimum Gasteiger partial charge on any atom is -0.741 e. The van der Waals surface area contributed by atoms with Gasteiger partial charge in [0, 0.05) is 0 Å². The van der Waals surface area contributed by atoms with Crippen LogP contribution in [0.3, 0.4) is 0 Å². The molecule has 0 radical (unpaired) electrons. The maximum absolute atomic E-state index is 13.6. The molecule has 0 aliphatic rings. The summed E-state index contributed by atoms with van der Waals surface area (Å²) in [6, 6.07) is 27.1. The molecule has 0 N–H and O–H groups in total. The topological polar surface area (TPSA) is 57.2 Å². The van der Waals surface area contributed by atoms with Crippen molar-refractivity contribution in [3.63, 3.8) is 0 Å². The molecule has 0 unspecified atom stereocenters. The highest BCUT2D eigenvalue weighted by molar-refractivity contribution is 8.69. The molecule has 0 bridgehead atoms. The van der Waals surface area contributed by atoms with Crippen LogP contribution < -0.4 is 15.9 Å². The van der Waals surface area contributed by atoms with E-state index in [-0.39, 0.29) is 11.4 Å². The molecule has 0 spiro atoms. The third-order valence-electron chi connectivity index (χ3n) is 3.88. The van der Waals surface area contributed by atoms with Gasteiger partial charge in [-0.15, -0.1) is 0 Å². The van der Waals surface area contributed by atoms with Gasteiger partial charge in [0.2, 0.25) is 0 Å². The van der Waals surface area contributed by atoms with Crippen LogP contribution in [-0.2, 0) is 10.1 Å². The van der Waals surface area contributed by atoms with Crippen molar-refractivity contribution in [2.24, 2.45) is 0 Å². The van der Waals surface area contributed by atoms with E-state index in [0.29, 0.717) is 15.9 Å². The van der Waals surface area contributed by atoms with Crippen molar-refractivity contribution in [1.29, 1.82) is 0 Å². The number of benzene rings is 3. The summed E-state index contributed by atoms with van der Waals surface area (Å²) in [4.78, 5) is 0. The van der Waals surface area contributed by atoms with Crippen molar-refractivity contribution >= 4 is 43.9 Å². The molecule has 3 aromatic carbocycles. The Morgan fingerprint density at radius 2 is 0.875 bits per heavy atom. The van der Waals surface area contributed by atoms with E-state index in [9.17, 15) is 26.3 Å². The van der Waals surface area contributed by atoms with Gasteiger partial charge in [0.1, 0.15) is 27.3 Å². The molecule has 3 nitrogen and oxygen atoms in total. The average Bonchev–Trinajstić information content (AvgIpc) is 2.72. The molecule has 0 amide bonds. The Morgan fingerprint density at radius 1 is 0.625 bits per heavy atom. The van der Waals surface area contributed by atoms with Crippen LogP contribution in [-0.4, -0.2) is 24.0 Å². The Kier molecular flexibility index (Phi) is 8.38. The van der Waals surface area contributed by atoms with E-state index in [1.165, 1.54) is 0 Å². The smallest absolute Gasteiger partial charge is 0.485 e. The van der Waals surface area contributed by atoms with Gasteiger partial charge in [0.25, 0.3) is 0 Å². The highest BCUT2D eigenvalue weighted by Crippen LogP contribution is 2.71. The molecule has 172 valence electrons. The standard InChI is InChI=1S/C19H15F3PS.CHF3O3S/c20-19(21,22)24-23(16-10-4-1-5-11-16,17-12-6-2-7-13-17)18-14-8-3-9-15-18;2-1(3,4)8(5,6)7/h1-15H;(H,5,6,7)/q+1;/p-1. The first kappa shape index (κ1) is 26.2. The Balaban J connectivity index is 0.000000390. The van der Waals surface area contributed by atoms with E-state index in [2.05, 4.69) is 0 Å². The number of hydrogen-bond acceptors (Lipinski definition) is 4. The normalized spacial score (nSPS) is 12.6. The first-order valence-corrected chi connectivity index (χ1v) is 13.2. The van der Waals surface area contributed by atoms with Crippen LogP contribution in [0.4, 0.5) is 26.3 Å². The van der Waals surface area contributed by atoms with Crippen molar-refractivity contribution in [2.45, 2.75) is 11.0 Å². The van der Waals surface area contributed by atoms with Crippen LogP contribution in [0.15, 0.2) is 91.0 Å². The van der Waals surface area contributed by atoms with Gasteiger partial charge in [-0.25, -0.2) is 8.42 Å². The zero-order valence-electron chi connectivity index (χ0n) is 15.9. The Hall–Kier alpha value is -2.07. The average molecular weight is 512 g/mol. The lowest BCUT2D eigenvalue weighted by Gasteiger charge is -2.26. The van der Waals surface area contributed by atoms with Crippen LogP contribution in [0.2, 0.25) is 0 Å². The predicted octanol–water partition coefficient (Wildman–Crippen LogP) is 5.20. The zero-order chi connectivity index (χ0) is 24.0. The molecule has 0 saturated carbocycles. The fourth-order valence-corrected chi connectivity index (χ4v) is 8.95. The van der Waals surface area contributed by atoms with Gasteiger partial charge < -0.3 is 4.55 Å².